The minimum atomic E-state index is -3.61. The summed E-state index contributed by atoms with van der Waals surface area (Å²) in [6, 6.07) is 3.21. The molecule has 3 heterocycles. The van der Waals surface area contributed by atoms with Gasteiger partial charge in [0.15, 0.2) is 0 Å². The maximum atomic E-state index is 12.1. The number of pyridine rings is 1. The van der Waals surface area contributed by atoms with Crippen LogP contribution < -0.4 is 0 Å². The van der Waals surface area contributed by atoms with Gasteiger partial charge >= 0.3 is 6.09 Å². The maximum Gasteiger partial charge on any atom is 0.432 e. The van der Waals surface area contributed by atoms with Crippen LogP contribution in [0.3, 0.4) is 0 Å². The molecule has 0 fully saturated rings. The summed E-state index contributed by atoms with van der Waals surface area (Å²) in [7, 11) is -3.61. The third-order valence-corrected chi connectivity index (χ3v) is 4.50. The van der Waals surface area contributed by atoms with Crippen LogP contribution in [-0.2, 0) is 10.0 Å². The number of halogens is 1. The van der Waals surface area contributed by atoms with E-state index in [2.05, 4.69) is 26.0 Å². The van der Waals surface area contributed by atoms with Crippen LogP contribution >= 0.6 is 15.9 Å². The van der Waals surface area contributed by atoms with E-state index in [4.69, 9.17) is 5.11 Å². The number of carbonyl (C=O) groups is 1. The summed E-state index contributed by atoms with van der Waals surface area (Å²) in [6.07, 6.45) is 3.91. The van der Waals surface area contributed by atoms with Crippen LogP contribution in [0.2, 0.25) is 0 Å². The lowest BCUT2D eigenvalue weighted by molar-refractivity contribution is 0.192. The first-order chi connectivity index (χ1) is 10.3. The molecule has 1 N–H and O–H groups in total. The summed E-state index contributed by atoms with van der Waals surface area (Å²) in [6.45, 7) is 0. The molecule has 10 heteroatoms. The average molecular weight is 385 g/mol. The zero-order valence-corrected chi connectivity index (χ0v) is 13.5. The van der Waals surface area contributed by atoms with Crippen LogP contribution in [-0.4, -0.2) is 44.6 Å². The highest BCUT2D eigenvalue weighted by Gasteiger charge is 2.20. The van der Waals surface area contributed by atoms with Crippen LogP contribution in [0.5, 0.6) is 0 Å². The quantitative estimate of drug-likeness (QED) is 0.677. The number of nitrogens with zero attached hydrogens (tertiary/aromatic N) is 4. The fourth-order valence-corrected chi connectivity index (χ4v) is 3.52. The second-order valence-electron chi connectivity index (χ2n) is 4.58. The molecular weight excluding hydrogens is 376 g/mol. The number of fused-ring (bicyclic) bond motifs is 1. The van der Waals surface area contributed by atoms with Gasteiger partial charge in [-0.15, -0.1) is 0 Å². The molecule has 0 saturated carbocycles. The van der Waals surface area contributed by atoms with Crippen LogP contribution in [0.1, 0.15) is 0 Å². The second kappa shape index (κ2) is 4.92. The van der Waals surface area contributed by atoms with E-state index in [0.29, 0.717) is 31.4 Å². The molecule has 3 aromatic heterocycles. The third kappa shape index (κ3) is 2.40. The fraction of sp³-hybridized carbons (Fsp3) is 0.0833. The lowest BCUT2D eigenvalue weighted by Crippen LogP contribution is -2.11. The molecule has 114 valence electrons. The molecule has 0 aliphatic rings. The molecule has 0 radical (unpaired) electrons. The lowest BCUT2D eigenvalue weighted by Gasteiger charge is -2.06. The maximum absolute atomic E-state index is 12.1. The topological polar surface area (TPSA) is 107 Å². The largest absolute Gasteiger partial charge is 0.463 e. The van der Waals surface area contributed by atoms with Crippen LogP contribution in [0.4, 0.5) is 4.79 Å². The van der Waals surface area contributed by atoms with Crippen molar-refractivity contribution in [2.75, 3.05) is 6.26 Å². The smallest absolute Gasteiger partial charge is 0.432 e. The van der Waals surface area contributed by atoms with Crippen molar-refractivity contribution in [3.63, 3.8) is 0 Å². The van der Waals surface area contributed by atoms with Crippen molar-refractivity contribution in [2.24, 2.45) is 0 Å². The number of rotatable bonds is 2. The van der Waals surface area contributed by atoms with E-state index < -0.39 is 16.1 Å². The Morgan fingerprint density at radius 2 is 2.05 bits per heavy atom. The fourth-order valence-electron chi connectivity index (χ4n) is 2.17. The van der Waals surface area contributed by atoms with E-state index in [1.54, 1.807) is 12.1 Å². The molecule has 3 aromatic rings. The highest BCUT2D eigenvalue weighted by molar-refractivity contribution is 9.10. The Morgan fingerprint density at radius 1 is 1.32 bits per heavy atom. The Balaban J connectivity index is 2.35. The van der Waals surface area contributed by atoms with E-state index in [1.807, 2.05) is 0 Å². The summed E-state index contributed by atoms with van der Waals surface area (Å²) in [4.78, 5) is 15.0. The van der Waals surface area contributed by atoms with E-state index in [9.17, 15) is 13.2 Å². The molecule has 0 spiro atoms. The minimum Gasteiger partial charge on any atom is -0.463 e. The molecule has 0 unspecified atom stereocenters. The van der Waals surface area contributed by atoms with Crippen LogP contribution in [0.25, 0.3) is 22.2 Å². The molecule has 0 bridgehead atoms. The van der Waals surface area contributed by atoms with Crippen molar-refractivity contribution in [3.05, 3.63) is 35.3 Å². The van der Waals surface area contributed by atoms with E-state index in [0.717, 1.165) is 10.2 Å². The Hall–Kier alpha value is -2.20. The van der Waals surface area contributed by atoms with Crippen molar-refractivity contribution < 1.29 is 18.3 Å². The standard InChI is InChI=1S/C12H9BrN4O4S/c1-22(20,21)17-9(8-5-15-16(6-8)12(18)19)2-7-4-14-11(13)3-10(7)17/h2-6H,1H3,(H,18,19). The summed E-state index contributed by atoms with van der Waals surface area (Å²) in [5, 5.41) is 13.2. The average Bonchev–Trinajstić information content (AvgIpc) is 3.00. The normalized spacial score (nSPS) is 11.9. The SMILES string of the molecule is CS(=O)(=O)n1c(-c2cnn(C(=O)O)c2)cc2cnc(Br)cc21. The van der Waals surface area contributed by atoms with E-state index in [1.165, 1.54) is 18.6 Å². The summed E-state index contributed by atoms with van der Waals surface area (Å²) in [5.74, 6) is 0. The Morgan fingerprint density at radius 3 is 2.64 bits per heavy atom. The zero-order valence-electron chi connectivity index (χ0n) is 11.1. The van der Waals surface area contributed by atoms with Gasteiger partial charge in [-0.05, 0) is 28.1 Å². The summed E-state index contributed by atoms with van der Waals surface area (Å²) < 4.78 is 26.6. The third-order valence-electron chi connectivity index (χ3n) is 3.01. The first-order valence-electron chi connectivity index (χ1n) is 5.93. The molecule has 0 aliphatic heterocycles. The molecule has 0 atom stereocenters. The summed E-state index contributed by atoms with van der Waals surface area (Å²) >= 11 is 3.21. The van der Waals surface area contributed by atoms with E-state index in [-0.39, 0.29) is 0 Å². The predicted octanol–water partition coefficient (Wildman–Crippen LogP) is 2.00. The highest BCUT2D eigenvalue weighted by atomic mass is 79.9. The molecule has 0 aromatic carbocycles. The second-order valence-corrected chi connectivity index (χ2v) is 7.22. The minimum absolute atomic E-state index is 0.324. The van der Waals surface area contributed by atoms with Gasteiger partial charge in [-0.1, -0.05) is 0 Å². The summed E-state index contributed by atoms with van der Waals surface area (Å²) in [5.41, 5.74) is 1.15. The van der Waals surface area contributed by atoms with E-state index >= 15 is 0 Å². The highest BCUT2D eigenvalue weighted by Crippen LogP contribution is 2.30. The number of hydrogen-bond acceptors (Lipinski definition) is 5. The van der Waals surface area contributed by atoms with Crippen molar-refractivity contribution >= 4 is 42.9 Å². The zero-order chi connectivity index (χ0) is 16.1. The Bertz CT molecular complexity index is 1010. The van der Waals surface area contributed by atoms with Crippen molar-refractivity contribution in [1.82, 2.24) is 18.7 Å². The molecular formula is C12H9BrN4O4S. The number of carboxylic acid groups (broad SMARTS) is 1. The van der Waals surface area contributed by atoms with Gasteiger partial charge < -0.3 is 5.11 Å². The number of aromatic nitrogens is 4. The molecule has 22 heavy (non-hydrogen) atoms. The van der Waals surface area contributed by atoms with Gasteiger partial charge in [0.05, 0.1) is 23.7 Å². The van der Waals surface area contributed by atoms with Gasteiger partial charge in [-0.3, -0.25) is 0 Å². The molecule has 0 aliphatic carbocycles. The Kier molecular flexibility index (Phi) is 3.29. The predicted molar refractivity (Wildman–Crippen MR) is 82.3 cm³/mol. The van der Waals surface area contributed by atoms with Gasteiger partial charge in [0.1, 0.15) is 4.60 Å². The van der Waals surface area contributed by atoms with Crippen molar-refractivity contribution in [2.45, 2.75) is 0 Å². The molecule has 3 rings (SSSR count). The van der Waals surface area contributed by atoms with Crippen molar-refractivity contribution in [1.29, 1.82) is 0 Å². The first-order valence-corrected chi connectivity index (χ1v) is 8.57. The first kappa shape index (κ1) is 14.7. The van der Waals surface area contributed by atoms with Crippen LogP contribution in [0, 0.1) is 0 Å². The van der Waals surface area contributed by atoms with Crippen LogP contribution in [0.15, 0.2) is 35.3 Å². The molecule has 8 nitrogen and oxygen atoms in total. The van der Waals surface area contributed by atoms with Gasteiger partial charge in [0.2, 0.25) is 10.0 Å². The molecule has 0 amide bonds. The van der Waals surface area contributed by atoms with Gasteiger partial charge in [-0.2, -0.15) is 9.78 Å². The monoisotopic (exact) mass is 384 g/mol. The lowest BCUT2D eigenvalue weighted by atomic mass is 10.2. The Labute approximate surface area is 133 Å². The van der Waals surface area contributed by atoms with Crippen molar-refractivity contribution in [3.8, 4) is 11.3 Å². The number of hydrogen-bond donors (Lipinski definition) is 1. The van der Waals surface area contributed by atoms with Gasteiger partial charge in [-0.25, -0.2) is 22.2 Å². The molecule has 0 saturated heterocycles. The van der Waals surface area contributed by atoms with Gasteiger partial charge in [0, 0.05) is 23.3 Å². The van der Waals surface area contributed by atoms with Gasteiger partial charge in [0.25, 0.3) is 0 Å².